The Hall–Kier alpha value is -1.75. The molecule has 0 aliphatic carbocycles. The second-order valence-corrected chi connectivity index (χ2v) is 3.44. The predicted octanol–water partition coefficient (Wildman–Crippen LogP) is 2.60. The zero-order valence-corrected chi connectivity index (χ0v) is 10.6. The van der Waals surface area contributed by atoms with Crippen molar-refractivity contribution in [3.8, 4) is 5.75 Å². The average Bonchev–Trinajstić information content (AvgIpc) is 2.37. The molecule has 0 aliphatic rings. The van der Waals surface area contributed by atoms with Gasteiger partial charge < -0.3 is 18.9 Å². The van der Waals surface area contributed by atoms with E-state index in [0.29, 0.717) is 18.8 Å². The molecule has 1 atom stereocenters. The predicted molar refractivity (Wildman–Crippen MR) is 65.5 cm³/mol. The van der Waals surface area contributed by atoms with Gasteiger partial charge in [0.15, 0.2) is 0 Å². The number of carbonyl (C=O) groups is 1. The molecular weight excluding hydrogens is 236 g/mol. The lowest BCUT2D eigenvalue weighted by molar-refractivity contribution is -0.0748. The molecule has 0 bridgehead atoms. The Balaban J connectivity index is 2.52. The van der Waals surface area contributed by atoms with Crippen molar-refractivity contribution in [2.45, 2.75) is 19.6 Å². The lowest BCUT2D eigenvalue weighted by Gasteiger charge is -2.18. The van der Waals surface area contributed by atoms with Gasteiger partial charge in [0, 0.05) is 13.5 Å². The van der Waals surface area contributed by atoms with E-state index in [1.54, 1.807) is 26.2 Å². The van der Waals surface area contributed by atoms with Crippen molar-refractivity contribution in [3.63, 3.8) is 0 Å². The Morgan fingerprint density at radius 3 is 2.61 bits per heavy atom. The van der Waals surface area contributed by atoms with Crippen LogP contribution in [0.3, 0.4) is 0 Å². The zero-order chi connectivity index (χ0) is 13.2. The van der Waals surface area contributed by atoms with Gasteiger partial charge in [0.05, 0.1) is 13.2 Å². The molecule has 0 aromatic heterocycles. The number of benzene rings is 1. The van der Waals surface area contributed by atoms with Gasteiger partial charge in [0.1, 0.15) is 5.75 Å². The highest BCUT2D eigenvalue weighted by Gasteiger charge is 2.16. The lowest BCUT2D eigenvalue weighted by Crippen LogP contribution is -2.26. The number of carbonyl (C=O) groups excluding carboxylic acids is 1. The Labute approximate surface area is 107 Å². The van der Waals surface area contributed by atoms with E-state index in [-0.39, 0.29) is 6.61 Å². The van der Waals surface area contributed by atoms with Crippen LogP contribution in [-0.2, 0) is 14.2 Å². The van der Waals surface area contributed by atoms with Gasteiger partial charge in [0.2, 0.25) is 6.29 Å². The highest BCUT2D eigenvalue weighted by Crippen LogP contribution is 2.13. The van der Waals surface area contributed by atoms with Crippen LogP contribution < -0.4 is 4.74 Å². The van der Waals surface area contributed by atoms with Gasteiger partial charge in [-0.3, -0.25) is 0 Å². The molecule has 5 heteroatoms. The quantitative estimate of drug-likeness (QED) is 0.553. The Morgan fingerprint density at radius 1 is 1.28 bits per heavy atom. The van der Waals surface area contributed by atoms with Gasteiger partial charge in [-0.2, -0.15) is 0 Å². The molecule has 0 amide bonds. The first-order valence-corrected chi connectivity index (χ1v) is 5.80. The first-order valence-electron chi connectivity index (χ1n) is 5.80. The first-order chi connectivity index (χ1) is 8.76. The lowest BCUT2D eigenvalue weighted by atomic mass is 10.3. The van der Waals surface area contributed by atoms with Crippen LogP contribution in [0.1, 0.15) is 13.3 Å². The average molecular weight is 254 g/mol. The van der Waals surface area contributed by atoms with E-state index >= 15 is 0 Å². The molecule has 0 saturated heterocycles. The number of rotatable bonds is 7. The fourth-order valence-electron chi connectivity index (χ4n) is 1.27. The van der Waals surface area contributed by atoms with Crippen LogP contribution >= 0.6 is 0 Å². The van der Waals surface area contributed by atoms with E-state index in [1.807, 2.05) is 18.2 Å². The van der Waals surface area contributed by atoms with Crippen LogP contribution in [0.25, 0.3) is 0 Å². The van der Waals surface area contributed by atoms with Crippen molar-refractivity contribution in [3.05, 3.63) is 30.3 Å². The zero-order valence-electron chi connectivity index (χ0n) is 10.6. The largest absolute Gasteiger partial charge is 0.511 e. The summed E-state index contributed by atoms with van der Waals surface area (Å²) in [6.45, 7) is 2.40. The molecule has 0 radical (unpaired) electrons. The SMILES string of the molecule is CCOC(=O)OC(CCOC)Oc1ccccc1. The van der Waals surface area contributed by atoms with Gasteiger partial charge >= 0.3 is 6.16 Å². The third kappa shape index (κ3) is 5.54. The number of hydrogen-bond acceptors (Lipinski definition) is 5. The van der Waals surface area contributed by atoms with Crippen molar-refractivity contribution in [2.75, 3.05) is 20.3 Å². The summed E-state index contributed by atoms with van der Waals surface area (Å²) in [5, 5.41) is 0. The molecule has 1 aromatic carbocycles. The summed E-state index contributed by atoms with van der Waals surface area (Å²) < 4.78 is 20.2. The Morgan fingerprint density at radius 2 is 2.00 bits per heavy atom. The molecule has 100 valence electrons. The van der Waals surface area contributed by atoms with Crippen molar-refractivity contribution in [1.82, 2.24) is 0 Å². The number of hydrogen-bond donors (Lipinski definition) is 0. The summed E-state index contributed by atoms with van der Waals surface area (Å²) >= 11 is 0. The van der Waals surface area contributed by atoms with Gasteiger partial charge in [0.25, 0.3) is 0 Å². The van der Waals surface area contributed by atoms with Crippen LogP contribution in [0, 0.1) is 0 Å². The van der Waals surface area contributed by atoms with E-state index in [0.717, 1.165) is 0 Å². The minimum absolute atomic E-state index is 0.265. The van der Waals surface area contributed by atoms with Crippen molar-refractivity contribution in [2.24, 2.45) is 0 Å². The van der Waals surface area contributed by atoms with E-state index in [4.69, 9.17) is 18.9 Å². The van der Waals surface area contributed by atoms with Gasteiger partial charge in [-0.1, -0.05) is 18.2 Å². The number of methoxy groups -OCH3 is 1. The van der Waals surface area contributed by atoms with Crippen LogP contribution in [0.5, 0.6) is 5.75 Å². The van der Waals surface area contributed by atoms with Crippen LogP contribution in [0.4, 0.5) is 4.79 Å². The van der Waals surface area contributed by atoms with Gasteiger partial charge in [-0.15, -0.1) is 0 Å². The maximum atomic E-state index is 11.2. The third-order valence-electron chi connectivity index (χ3n) is 2.06. The normalized spacial score (nSPS) is 11.7. The number of para-hydroxylation sites is 1. The van der Waals surface area contributed by atoms with Gasteiger partial charge in [-0.25, -0.2) is 4.79 Å². The Kier molecular flexibility index (Phi) is 6.64. The molecule has 0 heterocycles. The smallest absolute Gasteiger partial charge is 0.455 e. The third-order valence-corrected chi connectivity index (χ3v) is 2.06. The van der Waals surface area contributed by atoms with Crippen molar-refractivity contribution < 1.29 is 23.7 Å². The van der Waals surface area contributed by atoms with Crippen molar-refractivity contribution >= 4 is 6.16 Å². The molecule has 18 heavy (non-hydrogen) atoms. The monoisotopic (exact) mass is 254 g/mol. The molecule has 0 N–H and O–H groups in total. The summed E-state index contributed by atoms with van der Waals surface area (Å²) in [5.74, 6) is 0.628. The molecule has 5 nitrogen and oxygen atoms in total. The molecule has 0 aliphatic heterocycles. The summed E-state index contributed by atoms with van der Waals surface area (Å²) in [5.41, 5.74) is 0. The fraction of sp³-hybridized carbons (Fsp3) is 0.462. The van der Waals surface area contributed by atoms with E-state index in [9.17, 15) is 4.79 Å². The van der Waals surface area contributed by atoms with Crippen molar-refractivity contribution in [1.29, 1.82) is 0 Å². The molecule has 1 rings (SSSR count). The van der Waals surface area contributed by atoms with Crippen LogP contribution in [0.15, 0.2) is 30.3 Å². The second-order valence-electron chi connectivity index (χ2n) is 3.44. The summed E-state index contributed by atoms with van der Waals surface area (Å²) in [4.78, 5) is 11.2. The maximum Gasteiger partial charge on any atom is 0.511 e. The molecule has 0 fully saturated rings. The van der Waals surface area contributed by atoms with E-state index in [1.165, 1.54) is 0 Å². The maximum absolute atomic E-state index is 11.2. The molecule has 1 aromatic rings. The summed E-state index contributed by atoms with van der Waals surface area (Å²) in [7, 11) is 1.57. The minimum Gasteiger partial charge on any atom is -0.455 e. The summed E-state index contributed by atoms with van der Waals surface area (Å²) in [6, 6.07) is 9.13. The van der Waals surface area contributed by atoms with E-state index < -0.39 is 12.4 Å². The second kappa shape index (κ2) is 8.36. The van der Waals surface area contributed by atoms with Crippen LogP contribution in [0.2, 0.25) is 0 Å². The first kappa shape index (κ1) is 14.3. The topological polar surface area (TPSA) is 54.0 Å². The highest BCUT2D eigenvalue weighted by molar-refractivity contribution is 5.59. The molecule has 0 saturated carbocycles. The standard InChI is InChI=1S/C13H18O5/c1-3-16-13(14)18-12(9-10-15-2)17-11-7-5-4-6-8-11/h4-8,12H,3,9-10H2,1-2H3. The molecular formula is C13H18O5. The van der Waals surface area contributed by atoms with E-state index in [2.05, 4.69) is 0 Å². The molecule has 0 spiro atoms. The summed E-state index contributed by atoms with van der Waals surface area (Å²) in [6.07, 6.45) is -1.02. The number of ether oxygens (including phenoxy) is 4. The highest BCUT2D eigenvalue weighted by atomic mass is 16.8. The minimum atomic E-state index is -0.741. The Bertz CT molecular complexity index is 338. The van der Waals surface area contributed by atoms with Gasteiger partial charge in [-0.05, 0) is 19.1 Å². The fourth-order valence-corrected chi connectivity index (χ4v) is 1.27. The van der Waals surface area contributed by atoms with Crippen LogP contribution in [-0.4, -0.2) is 32.8 Å². The molecule has 1 unspecified atom stereocenters.